The molecule has 0 aliphatic carbocycles. The molecule has 0 unspecified atom stereocenters. The van der Waals surface area contributed by atoms with E-state index in [-0.39, 0.29) is 5.91 Å². The van der Waals surface area contributed by atoms with E-state index in [2.05, 4.69) is 5.32 Å². The zero-order chi connectivity index (χ0) is 12.0. The fraction of sp³-hybridized carbons (Fsp3) is 0.154. The summed E-state index contributed by atoms with van der Waals surface area (Å²) >= 11 is 5.98. The highest BCUT2D eigenvalue weighted by atomic mass is 35.5. The molecule has 0 atom stereocenters. The Morgan fingerprint density at radius 1 is 1.35 bits per heavy atom. The first-order valence-corrected chi connectivity index (χ1v) is 5.78. The molecule has 2 heterocycles. The minimum Gasteiger partial charge on any atom is -0.339 e. The number of halogens is 1. The molecule has 1 aromatic carbocycles. The van der Waals surface area contributed by atoms with Gasteiger partial charge in [-0.3, -0.25) is 4.79 Å². The average Bonchev–Trinajstić information content (AvgIpc) is 2.58. The number of carbonyl (C=O) groups excluding carboxylic acids is 1. The fourth-order valence-corrected chi connectivity index (χ4v) is 2.36. The third kappa shape index (κ3) is 1.72. The first-order chi connectivity index (χ1) is 8.13. The van der Waals surface area contributed by atoms with Crippen molar-refractivity contribution in [3.05, 3.63) is 52.3 Å². The topological polar surface area (TPSA) is 34.0 Å². The standard InChI is InChI=1S/C13H11ClN2O/c1-8-4-12-13(17)15-11-3-2-10(14)5-9(11)7-16(12)6-8/h2-6H,7H2,1H3,(H,15,17). The third-order valence-electron chi connectivity index (χ3n) is 2.92. The summed E-state index contributed by atoms with van der Waals surface area (Å²) in [5, 5.41) is 3.59. The van der Waals surface area contributed by atoms with Gasteiger partial charge in [-0.1, -0.05) is 11.6 Å². The molecule has 0 radical (unpaired) electrons. The number of rotatable bonds is 0. The Morgan fingerprint density at radius 3 is 3.00 bits per heavy atom. The normalized spacial score (nSPS) is 13.6. The van der Waals surface area contributed by atoms with Gasteiger partial charge in [0.15, 0.2) is 0 Å². The van der Waals surface area contributed by atoms with Crippen LogP contribution in [0.4, 0.5) is 5.69 Å². The van der Waals surface area contributed by atoms with Crippen LogP contribution in [0.1, 0.15) is 21.6 Å². The summed E-state index contributed by atoms with van der Waals surface area (Å²) in [5.41, 5.74) is 3.64. The van der Waals surface area contributed by atoms with E-state index in [1.807, 2.05) is 35.9 Å². The van der Waals surface area contributed by atoms with Gasteiger partial charge in [-0.2, -0.15) is 0 Å². The molecule has 1 N–H and O–H groups in total. The summed E-state index contributed by atoms with van der Waals surface area (Å²) in [6, 6.07) is 7.41. The monoisotopic (exact) mass is 246 g/mol. The number of benzene rings is 1. The lowest BCUT2D eigenvalue weighted by molar-refractivity contribution is 0.102. The van der Waals surface area contributed by atoms with Gasteiger partial charge in [-0.15, -0.1) is 0 Å². The Labute approximate surface area is 104 Å². The molecular formula is C13H11ClN2O. The van der Waals surface area contributed by atoms with Crippen molar-refractivity contribution in [2.24, 2.45) is 0 Å². The largest absolute Gasteiger partial charge is 0.339 e. The van der Waals surface area contributed by atoms with Crippen LogP contribution in [0.25, 0.3) is 0 Å². The van der Waals surface area contributed by atoms with Crippen molar-refractivity contribution in [1.29, 1.82) is 0 Å². The van der Waals surface area contributed by atoms with E-state index in [0.717, 1.165) is 16.8 Å². The summed E-state index contributed by atoms with van der Waals surface area (Å²) in [4.78, 5) is 12.0. The van der Waals surface area contributed by atoms with Crippen LogP contribution in [0.2, 0.25) is 5.02 Å². The highest BCUT2D eigenvalue weighted by Crippen LogP contribution is 2.26. The molecule has 4 heteroatoms. The number of carbonyl (C=O) groups is 1. The highest BCUT2D eigenvalue weighted by molar-refractivity contribution is 6.30. The maximum absolute atomic E-state index is 12.0. The molecule has 0 saturated heterocycles. The van der Waals surface area contributed by atoms with Crippen LogP contribution in [0.3, 0.4) is 0 Å². The maximum atomic E-state index is 12.0. The van der Waals surface area contributed by atoms with Gasteiger partial charge in [0.25, 0.3) is 5.91 Å². The number of fused-ring (bicyclic) bond motifs is 2. The SMILES string of the molecule is Cc1cc2n(c1)Cc1cc(Cl)ccc1NC2=O. The summed E-state index contributed by atoms with van der Waals surface area (Å²) in [5.74, 6) is -0.0702. The Hall–Kier alpha value is -1.74. The van der Waals surface area contributed by atoms with E-state index < -0.39 is 0 Å². The number of nitrogens with one attached hydrogen (secondary N) is 1. The average molecular weight is 247 g/mol. The smallest absolute Gasteiger partial charge is 0.272 e. The van der Waals surface area contributed by atoms with Crippen molar-refractivity contribution in [2.75, 3.05) is 5.32 Å². The molecule has 17 heavy (non-hydrogen) atoms. The summed E-state index contributed by atoms with van der Waals surface area (Å²) in [6.07, 6.45) is 1.98. The lowest BCUT2D eigenvalue weighted by atomic mass is 10.2. The number of aromatic nitrogens is 1. The predicted octanol–water partition coefficient (Wildman–Crippen LogP) is 3.06. The van der Waals surface area contributed by atoms with Crippen LogP contribution < -0.4 is 5.32 Å². The van der Waals surface area contributed by atoms with Gasteiger partial charge in [0.2, 0.25) is 0 Å². The summed E-state index contributed by atoms with van der Waals surface area (Å²) < 4.78 is 1.95. The molecule has 1 amide bonds. The summed E-state index contributed by atoms with van der Waals surface area (Å²) in [6.45, 7) is 2.64. The number of nitrogens with zero attached hydrogens (tertiary/aromatic N) is 1. The van der Waals surface area contributed by atoms with Crippen molar-refractivity contribution in [1.82, 2.24) is 4.57 Å². The molecule has 3 nitrogen and oxygen atoms in total. The number of anilines is 1. The number of hydrogen-bond donors (Lipinski definition) is 1. The van der Waals surface area contributed by atoms with Crippen molar-refractivity contribution in [3.63, 3.8) is 0 Å². The number of amides is 1. The molecule has 0 fully saturated rings. The summed E-state index contributed by atoms with van der Waals surface area (Å²) in [7, 11) is 0. The lowest BCUT2D eigenvalue weighted by Crippen LogP contribution is -2.12. The van der Waals surface area contributed by atoms with E-state index in [0.29, 0.717) is 17.3 Å². The molecular weight excluding hydrogens is 236 g/mol. The van der Waals surface area contributed by atoms with Gasteiger partial charge in [0.05, 0.1) is 0 Å². The molecule has 86 valence electrons. The quantitative estimate of drug-likeness (QED) is 0.762. The number of hydrogen-bond acceptors (Lipinski definition) is 1. The highest BCUT2D eigenvalue weighted by Gasteiger charge is 2.19. The van der Waals surface area contributed by atoms with Crippen molar-refractivity contribution >= 4 is 23.2 Å². The zero-order valence-corrected chi connectivity index (χ0v) is 10.1. The molecule has 0 saturated carbocycles. The van der Waals surface area contributed by atoms with Crippen LogP contribution in [-0.2, 0) is 6.54 Å². The minimum atomic E-state index is -0.0702. The van der Waals surface area contributed by atoms with Gasteiger partial charge >= 0.3 is 0 Å². The lowest BCUT2D eigenvalue weighted by Gasteiger charge is -2.06. The second-order valence-electron chi connectivity index (χ2n) is 4.29. The molecule has 1 aliphatic rings. The molecule has 1 aliphatic heterocycles. The second-order valence-corrected chi connectivity index (χ2v) is 4.72. The molecule has 0 spiro atoms. The zero-order valence-electron chi connectivity index (χ0n) is 9.33. The first kappa shape index (κ1) is 10.4. The van der Waals surface area contributed by atoms with Crippen molar-refractivity contribution in [3.8, 4) is 0 Å². The van der Waals surface area contributed by atoms with E-state index >= 15 is 0 Å². The van der Waals surface area contributed by atoms with Crippen LogP contribution in [0.5, 0.6) is 0 Å². The van der Waals surface area contributed by atoms with Crippen LogP contribution in [0.15, 0.2) is 30.5 Å². The molecule has 3 rings (SSSR count). The molecule has 0 bridgehead atoms. The second kappa shape index (κ2) is 3.64. The van der Waals surface area contributed by atoms with E-state index in [9.17, 15) is 4.79 Å². The Balaban J connectivity index is 2.16. The van der Waals surface area contributed by atoms with Crippen LogP contribution >= 0.6 is 11.6 Å². The van der Waals surface area contributed by atoms with Crippen molar-refractivity contribution in [2.45, 2.75) is 13.5 Å². The minimum absolute atomic E-state index is 0.0702. The van der Waals surface area contributed by atoms with Crippen LogP contribution in [0, 0.1) is 6.92 Å². The van der Waals surface area contributed by atoms with Gasteiger partial charge in [-0.25, -0.2) is 0 Å². The maximum Gasteiger partial charge on any atom is 0.272 e. The molecule has 1 aromatic heterocycles. The van der Waals surface area contributed by atoms with Gasteiger partial charge in [0.1, 0.15) is 5.69 Å². The van der Waals surface area contributed by atoms with Crippen LogP contribution in [-0.4, -0.2) is 10.5 Å². The first-order valence-electron chi connectivity index (χ1n) is 5.40. The van der Waals surface area contributed by atoms with E-state index in [1.165, 1.54) is 0 Å². The van der Waals surface area contributed by atoms with Gasteiger partial charge < -0.3 is 9.88 Å². The Kier molecular flexibility index (Phi) is 2.23. The van der Waals surface area contributed by atoms with E-state index in [1.54, 1.807) is 6.07 Å². The molecule has 2 aromatic rings. The Bertz CT molecular complexity index is 616. The Morgan fingerprint density at radius 2 is 2.18 bits per heavy atom. The fourth-order valence-electron chi connectivity index (χ4n) is 2.16. The third-order valence-corrected chi connectivity index (χ3v) is 3.16. The predicted molar refractivity (Wildman–Crippen MR) is 67.7 cm³/mol. The van der Waals surface area contributed by atoms with Gasteiger partial charge in [0, 0.05) is 23.5 Å². The number of aryl methyl sites for hydroxylation is 1. The van der Waals surface area contributed by atoms with Crippen molar-refractivity contribution < 1.29 is 4.79 Å². The van der Waals surface area contributed by atoms with Gasteiger partial charge in [-0.05, 0) is 42.3 Å². The van der Waals surface area contributed by atoms with E-state index in [4.69, 9.17) is 11.6 Å².